The highest BCUT2D eigenvalue weighted by molar-refractivity contribution is 6.30. The third kappa shape index (κ3) is 3.92. The van der Waals surface area contributed by atoms with Crippen molar-refractivity contribution in [2.45, 2.75) is 6.92 Å². The third-order valence-corrected chi connectivity index (χ3v) is 2.86. The summed E-state index contributed by atoms with van der Waals surface area (Å²) in [6, 6.07) is 15.2. The quantitative estimate of drug-likeness (QED) is 0.771. The van der Waals surface area contributed by atoms with E-state index in [4.69, 9.17) is 9.47 Å². The number of para-hydroxylation sites is 4. The van der Waals surface area contributed by atoms with E-state index in [0.717, 1.165) is 28.6 Å². The van der Waals surface area contributed by atoms with Crippen molar-refractivity contribution in [2.24, 2.45) is 9.98 Å². The molecule has 0 bridgehead atoms. The maximum absolute atomic E-state index is 5.27. The molecule has 0 fully saturated rings. The fourth-order valence-corrected chi connectivity index (χ4v) is 1.84. The SMILES string of the molecule is COc1ccccc1N=CC(C)=Nc1ccccc1OC. The third-order valence-electron chi connectivity index (χ3n) is 2.86. The van der Waals surface area contributed by atoms with Crippen molar-refractivity contribution in [3.05, 3.63) is 48.5 Å². The fraction of sp³-hybridized carbons (Fsp3) is 0.176. The molecule has 0 aliphatic heterocycles. The summed E-state index contributed by atoms with van der Waals surface area (Å²) < 4.78 is 10.5. The van der Waals surface area contributed by atoms with Gasteiger partial charge in [-0.1, -0.05) is 24.3 Å². The number of rotatable bonds is 5. The highest BCUT2D eigenvalue weighted by atomic mass is 16.5. The molecule has 0 aliphatic rings. The molecule has 2 aromatic carbocycles. The van der Waals surface area contributed by atoms with Crippen LogP contribution in [0.4, 0.5) is 11.4 Å². The normalized spacial score (nSPS) is 11.7. The van der Waals surface area contributed by atoms with Crippen LogP contribution in [0.2, 0.25) is 0 Å². The zero-order valence-corrected chi connectivity index (χ0v) is 12.4. The van der Waals surface area contributed by atoms with Gasteiger partial charge < -0.3 is 9.47 Å². The van der Waals surface area contributed by atoms with E-state index in [1.54, 1.807) is 20.4 Å². The Bertz CT molecular complexity index is 663. The van der Waals surface area contributed by atoms with E-state index in [1.165, 1.54) is 0 Å². The van der Waals surface area contributed by atoms with Gasteiger partial charge in [0, 0.05) is 6.21 Å². The lowest BCUT2D eigenvalue weighted by Gasteiger charge is -2.04. The van der Waals surface area contributed by atoms with Gasteiger partial charge in [0.2, 0.25) is 0 Å². The molecule has 2 rings (SSSR count). The maximum Gasteiger partial charge on any atom is 0.144 e. The van der Waals surface area contributed by atoms with Gasteiger partial charge >= 0.3 is 0 Å². The Kier molecular flexibility index (Phi) is 5.10. The lowest BCUT2D eigenvalue weighted by atomic mass is 10.3. The molecule has 0 N–H and O–H groups in total. The van der Waals surface area contributed by atoms with Crippen LogP contribution in [0.15, 0.2) is 58.5 Å². The first-order valence-corrected chi connectivity index (χ1v) is 6.60. The molecule has 0 saturated carbocycles. The molecule has 0 amide bonds. The van der Waals surface area contributed by atoms with Crippen LogP contribution >= 0.6 is 0 Å². The summed E-state index contributed by atoms with van der Waals surface area (Å²) in [6.45, 7) is 1.89. The Hall–Kier alpha value is -2.62. The molecule has 0 aliphatic carbocycles. The van der Waals surface area contributed by atoms with E-state index in [2.05, 4.69) is 9.98 Å². The van der Waals surface area contributed by atoms with Gasteiger partial charge in [-0.15, -0.1) is 0 Å². The van der Waals surface area contributed by atoms with Crippen molar-refractivity contribution in [1.82, 2.24) is 0 Å². The van der Waals surface area contributed by atoms with Crippen LogP contribution in [-0.4, -0.2) is 26.1 Å². The van der Waals surface area contributed by atoms with Crippen LogP contribution in [0, 0.1) is 0 Å². The Labute approximate surface area is 124 Å². The molecule has 4 heteroatoms. The highest BCUT2D eigenvalue weighted by Crippen LogP contribution is 2.27. The van der Waals surface area contributed by atoms with Crippen molar-refractivity contribution < 1.29 is 9.47 Å². The van der Waals surface area contributed by atoms with Crippen molar-refractivity contribution >= 4 is 23.3 Å². The minimum absolute atomic E-state index is 0.735. The molecule has 0 spiro atoms. The summed E-state index contributed by atoms with van der Waals surface area (Å²) in [5.74, 6) is 1.47. The van der Waals surface area contributed by atoms with Crippen molar-refractivity contribution in [2.75, 3.05) is 14.2 Å². The topological polar surface area (TPSA) is 43.2 Å². The van der Waals surface area contributed by atoms with Gasteiger partial charge in [0.25, 0.3) is 0 Å². The van der Waals surface area contributed by atoms with E-state index in [1.807, 2.05) is 55.5 Å². The van der Waals surface area contributed by atoms with Crippen LogP contribution in [0.3, 0.4) is 0 Å². The van der Waals surface area contributed by atoms with Crippen LogP contribution in [-0.2, 0) is 0 Å². The fourth-order valence-electron chi connectivity index (χ4n) is 1.84. The predicted octanol–water partition coefficient (Wildman–Crippen LogP) is 4.20. The zero-order chi connectivity index (χ0) is 15.1. The molecule has 0 aromatic heterocycles. The average Bonchev–Trinajstić information content (AvgIpc) is 2.53. The molecule has 0 atom stereocenters. The van der Waals surface area contributed by atoms with Gasteiger partial charge in [-0.2, -0.15) is 0 Å². The summed E-state index contributed by atoms with van der Waals surface area (Å²) in [4.78, 5) is 8.91. The minimum atomic E-state index is 0.735. The Morgan fingerprint density at radius 2 is 1.38 bits per heavy atom. The Morgan fingerprint density at radius 3 is 2.00 bits per heavy atom. The Morgan fingerprint density at radius 1 is 0.857 bits per heavy atom. The lowest BCUT2D eigenvalue weighted by Crippen LogP contribution is -1.93. The van der Waals surface area contributed by atoms with Crippen LogP contribution in [0.1, 0.15) is 6.92 Å². The average molecular weight is 282 g/mol. The Balaban J connectivity index is 2.22. The van der Waals surface area contributed by atoms with Crippen molar-refractivity contribution in [3.63, 3.8) is 0 Å². The molecule has 0 radical (unpaired) electrons. The first-order chi connectivity index (χ1) is 10.2. The predicted molar refractivity (Wildman–Crippen MR) is 86.9 cm³/mol. The zero-order valence-electron chi connectivity index (χ0n) is 12.4. The van der Waals surface area contributed by atoms with Crippen LogP contribution in [0.5, 0.6) is 11.5 Å². The van der Waals surface area contributed by atoms with Gasteiger partial charge in [-0.25, -0.2) is 4.99 Å². The minimum Gasteiger partial charge on any atom is -0.494 e. The molecule has 0 heterocycles. The number of hydrogen-bond donors (Lipinski definition) is 0. The second kappa shape index (κ2) is 7.24. The summed E-state index contributed by atoms with van der Waals surface area (Å²) in [6.07, 6.45) is 1.71. The maximum atomic E-state index is 5.27. The monoisotopic (exact) mass is 282 g/mol. The van der Waals surface area contributed by atoms with Gasteiger partial charge in [-0.05, 0) is 31.2 Å². The number of nitrogens with zero attached hydrogens (tertiary/aromatic N) is 2. The van der Waals surface area contributed by atoms with E-state index in [-0.39, 0.29) is 0 Å². The second-order valence-corrected chi connectivity index (χ2v) is 4.36. The molecule has 0 unspecified atom stereocenters. The number of methoxy groups -OCH3 is 2. The molecule has 21 heavy (non-hydrogen) atoms. The summed E-state index contributed by atoms with van der Waals surface area (Å²) >= 11 is 0. The molecular weight excluding hydrogens is 264 g/mol. The van der Waals surface area contributed by atoms with Crippen molar-refractivity contribution in [1.29, 1.82) is 0 Å². The van der Waals surface area contributed by atoms with Crippen LogP contribution < -0.4 is 9.47 Å². The van der Waals surface area contributed by atoms with Crippen molar-refractivity contribution in [3.8, 4) is 11.5 Å². The van der Waals surface area contributed by atoms with Gasteiger partial charge in [0.05, 0.1) is 19.9 Å². The van der Waals surface area contributed by atoms with Gasteiger partial charge in [-0.3, -0.25) is 4.99 Å². The second-order valence-electron chi connectivity index (χ2n) is 4.36. The first-order valence-electron chi connectivity index (χ1n) is 6.60. The summed E-state index contributed by atoms with van der Waals surface area (Å²) in [5, 5.41) is 0. The van der Waals surface area contributed by atoms with E-state index < -0.39 is 0 Å². The summed E-state index contributed by atoms with van der Waals surface area (Å²) in [5.41, 5.74) is 2.34. The standard InChI is InChI=1S/C17H18N2O2/c1-13(19-15-9-5-7-11-17(15)21-3)12-18-14-8-4-6-10-16(14)20-2/h4-12H,1-3H3. The van der Waals surface area contributed by atoms with E-state index >= 15 is 0 Å². The van der Waals surface area contributed by atoms with E-state index in [9.17, 15) is 0 Å². The van der Waals surface area contributed by atoms with E-state index in [0.29, 0.717) is 0 Å². The number of hydrogen-bond acceptors (Lipinski definition) is 4. The van der Waals surface area contributed by atoms with Gasteiger partial charge in [0.1, 0.15) is 22.9 Å². The first kappa shape index (κ1) is 14.8. The number of aliphatic imine (C=N–C) groups is 2. The summed E-state index contributed by atoms with van der Waals surface area (Å²) in [7, 11) is 3.26. The highest BCUT2D eigenvalue weighted by Gasteiger charge is 2.00. The molecule has 108 valence electrons. The van der Waals surface area contributed by atoms with Crippen LogP contribution in [0.25, 0.3) is 0 Å². The molecule has 4 nitrogen and oxygen atoms in total. The smallest absolute Gasteiger partial charge is 0.144 e. The number of ether oxygens (including phenoxy) is 2. The largest absolute Gasteiger partial charge is 0.494 e. The van der Waals surface area contributed by atoms with Gasteiger partial charge in [0.15, 0.2) is 0 Å². The molecule has 2 aromatic rings. The lowest BCUT2D eigenvalue weighted by molar-refractivity contribution is 0.416. The number of benzene rings is 2. The molecular formula is C17H18N2O2. The molecule has 0 saturated heterocycles.